The van der Waals surface area contributed by atoms with E-state index >= 15 is 0 Å². The van der Waals surface area contributed by atoms with E-state index in [9.17, 15) is 5.11 Å². The Kier molecular flexibility index (Phi) is 2.40. The maximum absolute atomic E-state index is 9.99. The molecule has 1 aliphatic heterocycles. The van der Waals surface area contributed by atoms with Crippen LogP contribution in [-0.2, 0) is 0 Å². The molecule has 0 amide bonds. The number of hydrogen-bond acceptors (Lipinski definition) is 2. The molecule has 1 aromatic carbocycles. The van der Waals surface area contributed by atoms with E-state index in [0.29, 0.717) is 17.1 Å². The molecule has 1 atom stereocenters. The second kappa shape index (κ2) is 3.77. The standard InChI is InChI=1S/C14H19NO/c16-13-6-2-1-5-11(13)12-9-15-10-14(12)7-3-4-8-14/h1-2,5-6,12,15-16H,3-4,7-10H2/t12-/m0/s1. The second-order valence-electron chi connectivity index (χ2n) is 5.31. The van der Waals surface area contributed by atoms with Crippen LogP contribution in [0.2, 0.25) is 0 Å². The van der Waals surface area contributed by atoms with Gasteiger partial charge in [-0.3, -0.25) is 0 Å². The summed E-state index contributed by atoms with van der Waals surface area (Å²) in [5.41, 5.74) is 1.58. The molecule has 0 radical (unpaired) electrons. The highest BCUT2D eigenvalue weighted by Gasteiger charge is 2.45. The molecule has 16 heavy (non-hydrogen) atoms. The van der Waals surface area contributed by atoms with Crippen molar-refractivity contribution in [1.29, 1.82) is 0 Å². The van der Waals surface area contributed by atoms with Crippen molar-refractivity contribution in [2.45, 2.75) is 31.6 Å². The minimum Gasteiger partial charge on any atom is -0.508 e. The SMILES string of the molecule is Oc1ccccc1[C@@H]1CNCC12CCCC2. The molecule has 0 aromatic heterocycles. The van der Waals surface area contributed by atoms with Gasteiger partial charge in [-0.1, -0.05) is 31.0 Å². The van der Waals surface area contributed by atoms with Crippen LogP contribution >= 0.6 is 0 Å². The molecule has 1 heterocycles. The number of rotatable bonds is 1. The van der Waals surface area contributed by atoms with Crippen LogP contribution in [0, 0.1) is 5.41 Å². The van der Waals surface area contributed by atoms with Gasteiger partial charge in [-0.05, 0) is 29.9 Å². The molecule has 2 fully saturated rings. The zero-order valence-corrected chi connectivity index (χ0v) is 9.58. The predicted octanol–water partition coefficient (Wildman–Crippen LogP) is 2.64. The van der Waals surface area contributed by atoms with Crippen molar-refractivity contribution in [1.82, 2.24) is 5.32 Å². The van der Waals surface area contributed by atoms with Crippen LogP contribution in [0.1, 0.15) is 37.2 Å². The van der Waals surface area contributed by atoms with Gasteiger partial charge in [0.2, 0.25) is 0 Å². The first-order chi connectivity index (χ1) is 7.82. The maximum atomic E-state index is 9.99. The van der Waals surface area contributed by atoms with Crippen molar-refractivity contribution >= 4 is 0 Å². The number of hydrogen-bond donors (Lipinski definition) is 2. The van der Waals surface area contributed by atoms with Gasteiger partial charge in [-0.15, -0.1) is 0 Å². The Morgan fingerprint density at radius 2 is 1.94 bits per heavy atom. The van der Waals surface area contributed by atoms with Gasteiger partial charge in [0.15, 0.2) is 0 Å². The van der Waals surface area contributed by atoms with Crippen LogP contribution in [0.4, 0.5) is 0 Å². The van der Waals surface area contributed by atoms with Gasteiger partial charge in [0.25, 0.3) is 0 Å². The molecule has 3 rings (SSSR count). The third kappa shape index (κ3) is 1.44. The van der Waals surface area contributed by atoms with Gasteiger partial charge in [-0.25, -0.2) is 0 Å². The molecule has 1 saturated heterocycles. The quantitative estimate of drug-likeness (QED) is 0.758. The van der Waals surface area contributed by atoms with Gasteiger partial charge in [-0.2, -0.15) is 0 Å². The molecule has 2 nitrogen and oxygen atoms in total. The molecule has 2 heteroatoms. The summed E-state index contributed by atoms with van der Waals surface area (Å²) >= 11 is 0. The summed E-state index contributed by atoms with van der Waals surface area (Å²) in [5.74, 6) is 0.985. The summed E-state index contributed by atoms with van der Waals surface area (Å²) in [6.45, 7) is 2.16. The van der Waals surface area contributed by atoms with Crippen LogP contribution in [0.25, 0.3) is 0 Å². The Hall–Kier alpha value is -1.02. The predicted molar refractivity (Wildman–Crippen MR) is 64.6 cm³/mol. The molecule has 1 spiro atoms. The van der Waals surface area contributed by atoms with E-state index in [4.69, 9.17) is 0 Å². The van der Waals surface area contributed by atoms with E-state index in [1.807, 2.05) is 18.2 Å². The molecule has 0 bridgehead atoms. The zero-order valence-electron chi connectivity index (χ0n) is 9.58. The van der Waals surface area contributed by atoms with Crippen LogP contribution in [0.15, 0.2) is 24.3 Å². The fraction of sp³-hybridized carbons (Fsp3) is 0.571. The molecule has 1 aromatic rings. The Labute approximate surface area is 96.7 Å². The van der Waals surface area contributed by atoms with Crippen molar-refractivity contribution in [2.75, 3.05) is 13.1 Å². The summed E-state index contributed by atoms with van der Waals surface area (Å²) in [6, 6.07) is 7.85. The van der Waals surface area contributed by atoms with Crippen molar-refractivity contribution in [3.63, 3.8) is 0 Å². The lowest BCUT2D eigenvalue weighted by Crippen LogP contribution is -2.25. The Balaban J connectivity index is 1.97. The van der Waals surface area contributed by atoms with Gasteiger partial charge in [0, 0.05) is 19.0 Å². The summed E-state index contributed by atoms with van der Waals surface area (Å²) in [6.07, 6.45) is 5.34. The Morgan fingerprint density at radius 1 is 1.19 bits per heavy atom. The fourth-order valence-electron chi connectivity index (χ4n) is 3.63. The average molecular weight is 217 g/mol. The van der Waals surface area contributed by atoms with Crippen molar-refractivity contribution in [2.24, 2.45) is 5.41 Å². The van der Waals surface area contributed by atoms with Crippen molar-refractivity contribution in [3.05, 3.63) is 29.8 Å². The Bertz CT molecular complexity index is 377. The lowest BCUT2D eigenvalue weighted by Gasteiger charge is -2.30. The third-order valence-corrected chi connectivity index (χ3v) is 4.48. The summed E-state index contributed by atoms with van der Waals surface area (Å²) < 4.78 is 0. The van der Waals surface area contributed by atoms with E-state index in [-0.39, 0.29) is 0 Å². The monoisotopic (exact) mass is 217 g/mol. The molecular weight excluding hydrogens is 198 g/mol. The lowest BCUT2D eigenvalue weighted by molar-refractivity contribution is 0.289. The highest BCUT2D eigenvalue weighted by molar-refractivity contribution is 5.37. The largest absolute Gasteiger partial charge is 0.508 e. The normalized spacial score (nSPS) is 27.6. The van der Waals surface area contributed by atoms with Crippen molar-refractivity contribution in [3.8, 4) is 5.75 Å². The number of phenols is 1. The highest BCUT2D eigenvalue weighted by Crippen LogP contribution is 2.52. The van der Waals surface area contributed by atoms with E-state index in [1.54, 1.807) is 0 Å². The van der Waals surface area contributed by atoms with Crippen LogP contribution < -0.4 is 5.32 Å². The van der Waals surface area contributed by atoms with E-state index < -0.39 is 0 Å². The molecule has 1 saturated carbocycles. The molecule has 1 aliphatic carbocycles. The van der Waals surface area contributed by atoms with E-state index in [2.05, 4.69) is 11.4 Å². The first-order valence-corrected chi connectivity index (χ1v) is 6.30. The maximum Gasteiger partial charge on any atom is 0.119 e. The van der Waals surface area contributed by atoms with Gasteiger partial charge < -0.3 is 10.4 Å². The number of para-hydroxylation sites is 1. The van der Waals surface area contributed by atoms with Gasteiger partial charge >= 0.3 is 0 Å². The summed E-state index contributed by atoms with van der Waals surface area (Å²) in [7, 11) is 0. The van der Waals surface area contributed by atoms with Crippen LogP contribution in [0.3, 0.4) is 0 Å². The molecule has 0 unspecified atom stereocenters. The minimum atomic E-state index is 0.429. The van der Waals surface area contributed by atoms with Crippen LogP contribution in [0.5, 0.6) is 5.75 Å². The smallest absolute Gasteiger partial charge is 0.119 e. The Morgan fingerprint density at radius 3 is 2.69 bits per heavy atom. The van der Waals surface area contributed by atoms with E-state index in [0.717, 1.165) is 18.7 Å². The molecular formula is C14H19NO. The molecule has 2 aliphatic rings. The van der Waals surface area contributed by atoms with Crippen LogP contribution in [-0.4, -0.2) is 18.2 Å². The zero-order chi connectivity index (χ0) is 11.0. The summed E-state index contributed by atoms with van der Waals surface area (Å²) in [4.78, 5) is 0. The number of nitrogens with one attached hydrogen (secondary N) is 1. The number of phenolic OH excluding ortho intramolecular Hbond substituents is 1. The number of benzene rings is 1. The second-order valence-corrected chi connectivity index (χ2v) is 5.31. The molecule has 2 N–H and O–H groups in total. The first-order valence-electron chi connectivity index (χ1n) is 6.30. The fourth-order valence-corrected chi connectivity index (χ4v) is 3.63. The van der Waals surface area contributed by atoms with Crippen molar-refractivity contribution < 1.29 is 5.11 Å². The topological polar surface area (TPSA) is 32.3 Å². The van der Waals surface area contributed by atoms with Gasteiger partial charge in [0.1, 0.15) is 5.75 Å². The van der Waals surface area contributed by atoms with E-state index in [1.165, 1.54) is 25.7 Å². The lowest BCUT2D eigenvalue weighted by atomic mass is 9.73. The summed E-state index contributed by atoms with van der Waals surface area (Å²) in [5, 5.41) is 13.5. The third-order valence-electron chi connectivity index (χ3n) is 4.48. The molecule has 86 valence electrons. The highest BCUT2D eigenvalue weighted by atomic mass is 16.3. The first kappa shape index (κ1) is 10.2. The number of aromatic hydroxyl groups is 1. The minimum absolute atomic E-state index is 0.429. The average Bonchev–Trinajstić information content (AvgIpc) is 2.91. The van der Waals surface area contributed by atoms with Gasteiger partial charge in [0.05, 0.1) is 0 Å².